The standard InChI is InChI=1S/C31H39N5O2/c1-30(2,3)28(37)34-29-33-27-19-21(20-32-4)9-18-26(27)31(38-29,22-10-14-24(15-11-22)35(5)6)23-12-16-25(17-13-23)36(7)8/h9-19,32H,20H2,1-8H3,(H,33,34,37). The van der Waals surface area contributed by atoms with E-state index in [1.165, 1.54) is 0 Å². The highest BCUT2D eigenvalue weighted by molar-refractivity contribution is 5.99. The van der Waals surface area contributed by atoms with Crippen molar-refractivity contribution in [1.82, 2.24) is 10.6 Å². The van der Waals surface area contributed by atoms with Crippen LogP contribution < -0.4 is 20.4 Å². The molecule has 0 aliphatic carbocycles. The van der Waals surface area contributed by atoms with E-state index in [0.717, 1.165) is 39.3 Å². The maximum absolute atomic E-state index is 13.0. The first-order chi connectivity index (χ1) is 18.0. The molecule has 200 valence electrons. The summed E-state index contributed by atoms with van der Waals surface area (Å²) in [7, 11) is 10.0. The predicted octanol–water partition coefficient (Wildman–Crippen LogP) is 5.01. The van der Waals surface area contributed by atoms with E-state index in [4.69, 9.17) is 9.73 Å². The lowest BCUT2D eigenvalue weighted by atomic mass is 9.78. The monoisotopic (exact) mass is 513 g/mol. The molecular weight excluding hydrogens is 474 g/mol. The number of carbonyl (C=O) groups excluding carboxylic acids is 1. The Morgan fingerprint density at radius 1 is 0.868 bits per heavy atom. The van der Waals surface area contributed by atoms with Crippen LogP contribution in [0.15, 0.2) is 71.7 Å². The van der Waals surface area contributed by atoms with Gasteiger partial charge in [0.2, 0.25) is 5.91 Å². The Labute approximate surface area is 226 Å². The van der Waals surface area contributed by atoms with Crippen LogP contribution in [0.5, 0.6) is 0 Å². The van der Waals surface area contributed by atoms with E-state index in [2.05, 4.69) is 87.2 Å². The molecule has 4 rings (SSSR count). The summed E-state index contributed by atoms with van der Waals surface area (Å²) in [6.07, 6.45) is 0. The number of anilines is 2. The zero-order chi connectivity index (χ0) is 27.7. The van der Waals surface area contributed by atoms with Crippen LogP contribution in [-0.4, -0.2) is 47.2 Å². The van der Waals surface area contributed by atoms with Crippen molar-refractivity contribution in [3.8, 4) is 0 Å². The van der Waals surface area contributed by atoms with E-state index >= 15 is 0 Å². The van der Waals surface area contributed by atoms with E-state index in [9.17, 15) is 4.79 Å². The number of hydrogen-bond donors (Lipinski definition) is 2. The summed E-state index contributed by atoms with van der Waals surface area (Å²) in [4.78, 5) is 22.0. The Kier molecular flexibility index (Phi) is 7.51. The van der Waals surface area contributed by atoms with E-state index in [1.807, 2.05) is 56.0 Å². The molecular formula is C31H39N5O2. The molecule has 7 nitrogen and oxygen atoms in total. The van der Waals surface area contributed by atoms with Gasteiger partial charge >= 0.3 is 0 Å². The summed E-state index contributed by atoms with van der Waals surface area (Å²) in [5.41, 5.74) is 5.21. The van der Waals surface area contributed by atoms with Gasteiger partial charge < -0.3 is 19.9 Å². The number of nitrogens with zero attached hydrogens (tertiary/aromatic N) is 3. The first-order valence-electron chi connectivity index (χ1n) is 12.9. The number of amidine groups is 1. The lowest BCUT2D eigenvalue weighted by molar-refractivity contribution is -0.127. The van der Waals surface area contributed by atoms with E-state index < -0.39 is 11.0 Å². The molecule has 1 aliphatic heterocycles. The summed E-state index contributed by atoms with van der Waals surface area (Å²) in [5.74, 6) is -0.161. The fourth-order valence-corrected chi connectivity index (χ4v) is 4.54. The second-order valence-corrected chi connectivity index (χ2v) is 11.2. The predicted molar refractivity (Wildman–Crippen MR) is 156 cm³/mol. The molecule has 0 saturated heterocycles. The quantitative estimate of drug-likeness (QED) is 0.485. The average molecular weight is 514 g/mol. The molecule has 2 N–H and O–H groups in total. The normalized spacial score (nSPS) is 14.2. The van der Waals surface area contributed by atoms with Gasteiger partial charge in [0.15, 0.2) is 5.60 Å². The second kappa shape index (κ2) is 10.5. The molecule has 0 radical (unpaired) electrons. The number of rotatable bonds is 6. The molecule has 0 fully saturated rings. The van der Waals surface area contributed by atoms with Gasteiger partial charge in [-0.05, 0) is 42.9 Å². The Morgan fingerprint density at radius 3 is 1.84 bits per heavy atom. The SMILES string of the molecule is CNCc1ccc2c(c1)N=C(NC(=O)C(C)(C)C)OC2(c1ccc(N(C)C)cc1)c1ccc(N(C)C)cc1. The number of aliphatic imine (C=N–C) groups is 1. The number of amides is 1. The van der Waals surface area contributed by atoms with Crippen LogP contribution in [0.3, 0.4) is 0 Å². The molecule has 1 aliphatic rings. The summed E-state index contributed by atoms with van der Waals surface area (Å²) in [5, 5.41) is 6.17. The van der Waals surface area contributed by atoms with Crippen molar-refractivity contribution in [1.29, 1.82) is 0 Å². The number of fused-ring (bicyclic) bond motifs is 1. The minimum absolute atomic E-state index is 0.161. The minimum Gasteiger partial charge on any atom is -0.443 e. The smallest absolute Gasteiger partial charge is 0.298 e. The van der Waals surface area contributed by atoms with Crippen molar-refractivity contribution >= 4 is 29.0 Å². The van der Waals surface area contributed by atoms with Gasteiger partial charge in [0.25, 0.3) is 6.02 Å². The molecule has 1 heterocycles. The highest BCUT2D eigenvalue weighted by atomic mass is 16.5. The van der Waals surface area contributed by atoms with Crippen LogP contribution in [-0.2, 0) is 21.7 Å². The lowest BCUT2D eigenvalue weighted by Crippen LogP contribution is -2.46. The van der Waals surface area contributed by atoms with Gasteiger partial charge in [0.05, 0.1) is 5.69 Å². The highest BCUT2D eigenvalue weighted by Gasteiger charge is 2.45. The largest absolute Gasteiger partial charge is 0.443 e. The molecule has 0 spiro atoms. The molecule has 38 heavy (non-hydrogen) atoms. The van der Waals surface area contributed by atoms with Crippen molar-refractivity contribution < 1.29 is 9.53 Å². The molecule has 3 aromatic rings. The van der Waals surface area contributed by atoms with Gasteiger partial charge in [0.1, 0.15) is 0 Å². The van der Waals surface area contributed by atoms with E-state index in [0.29, 0.717) is 6.54 Å². The van der Waals surface area contributed by atoms with Crippen molar-refractivity contribution in [2.45, 2.75) is 32.9 Å². The van der Waals surface area contributed by atoms with Gasteiger partial charge in [-0.2, -0.15) is 4.99 Å². The summed E-state index contributed by atoms with van der Waals surface area (Å²) in [6, 6.07) is 23.2. The van der Waals surface area contributed by atoms with E-state index in [1.54, 1.807) is 0 Å². The molecule has 0 atom stereocenters. The van der Waals surface area contributed by atoms with Crippen LogP contribution >= 0.6 is 0 Å². The zero-order valence-corrected chi connectivity index (χ0v) is 23.7. The third-order valence-electron chi connectivity index (χ3n) is 6.78. The van der Waals surface area contributed by atoms with Crippen molar-refractivity contribution in [3.05, 3.63) is 89.0 Å². The number of nitrogens with one attached hydrogen (secondary N) is 2. The third-order valence-corrected chi connectivity index (χ3v) is 6.78. The fraction of sp³-hybridized carbons (Fsp3) is 0.355. The van der Waals surface area contributed by atoms with Crippen LogP contribution in [0.1, 0.15) is 43.0 Å². The number of carbonyl (C=O) groups is 1. The van der Waals surface area contributed by atoms with Crippen molar-refractivity contribution in [2.24, 2.45) is 10.4 Å². The van der Waals surface area contributed by atoms with Crippen molar-refractivity contribution in [2.75, 3.05) is 45.0 Å². The molecule has 1 amide bonds. The summed E-state index contributed by atoms with van der Waals surface area (Å²) >= 11 is 0. The highest BCUT2D eigenvalue weighted by Crippen LogP contribution is 2.48. The minimum atomic E-state index is -1.02. The van der Waals surface area contributed by atoms with Crippen LogP contribution in [0.4, 0.5) is 17.1 Å². The molecule has 0 unspecified atom stereocenters. The Morgan fingerprint density at radius 2 is 1.39 bits per heavy atom. The average Bonchev–Trinajstić information content (AvgIpc) is 2.87. The van der Waals surface area contributed by atoms with Gasteiger partial charge in [-0.3, -0.25) is 10.1 Å². The fourth-order valence-electron chi connectivity index (χ4n) is 4.54. The summed E-state index contributed by atoms with van der Waals surface area (Å²) in [6.45, 7) is 6.32. The topological polar surface area (TPSA) is 69.2 Å². The maximum Gasteiger partial charge on any atom is 0.298 e. The van der Waals surface area contributed by atoms with Gasteiger partial charge in [-0.25, -0.2) is 0 Å². The Balaban J connectivity index is 1.98. The molecule has 0 saturated carbocycles. The maximum atomic E-state index is 13.0. The number of ether oxygens (including phenoxy) is 1. The van der Waals surface area contributed by atoms with Crippen LogP contribution in [0, 0.1) is 5.41 Å². The van der Waals surface area contributed by atoms with Crippen LogP contribution in [0.25, 0.3) is 0 Å². The Bertz CT molecular complexity index is 1270. The molecule has 3 aromatic carbocycles. The van der Waals surface area contributed by atoms with E-state index in [-0.39, 0.29) is 11.9 Å². The molecule has 0 bridgehead atoms. The second-order valence-electron chi connectivity index (χ2n) is 11.2. The van der Waals surface area contributed by atoms with Gasteiger partial charge in [0, 0.05) is 68.2 Å². The first-order valence-corrected chi connectivity index (χ1v) is 12.9. The number of hydrogen-bond acceptors (Lipinski definition) is 6. The zero-order valence-electron chi connectivity index (χ0n) is 23.7. The third kappa shape index (κ3) is 5.24. The van der Waals surface area contributed by atoms with Gasteiger partial charge in [-0.1, -0.05) is 57.2 Å². The van der Waals surface area contributed by atoms with Crippen LogP contribution in [0.2, 0.25) is 0 Å². The molecule has 0 aromatic heterocycles. The lowest BCUT2D eigenvalue weighted by Gasteiger charge is -2.40. The van der Waals surface area contributed by atoms with Gasteiger partial charge in [-0.15, -0.1) is 0 Å². The van der Waals surface area contributed by atoms with Crippen molar-refractivity contribution in [3.63, 3.8) is 0 Å². The first kappa shape index (κ1) is 27.2. The Hall–Kier alpha value is -3.84. The number of benzene rings is 3. The summed E-state index contributed by atoms with van der Waals surface area (Å²) < 4.78 is 6.81. The molecule has 7 heteroatoms.